The molecule has 0 bridgehead atoms. The number of nitrogens with zero attached hydrogens (tertiary/aromatic N) is 2. The number of likely N-dealkylation sites (tertiary alicyclic amines) is 1. The molecule has 0 saturated carbocycles. The summed E-state index contributed by atoms with van der Waals surface area (Å²) in [5, 5.41) is 0.689. The Bertz CT molecular complexity index is 655. The first-order valence-corrected chi connectivity index (χ1v) is 9.96. The molecular weight excluding hydrogens is 336 g/mol. The summed E-state index contributed by atoms with van der Waals surface area (Å²) in [6.45, 7) is 1.21. The lowest BCUT2D eigenvalue weighted by Gasteiger charge is -2.35. The molecule has 1 amide bonds. The average molecular weight is 359 g/mol. The van der Waals surface area contributed by atoms with Crippen molar-refractivity contribution in [1.82, 2.24) is 9.21 Å². The second-order valence-corrected chi connectivity index (χ2v) is 8.43. The molecule has 0 N–H and O–H groups in total. The smallest absolute Gasteiger partial charge is 0.222 e. The van der Waals surface area contributed by atoms with Gasteiger partial charge in [-0.15, -0.1) is 0 Å². The Kier molecular flexibility index (Phi) is 6.06. The van der Waals surface area contributed by atoms with E-state index in [1.165, 1.54) is 10.6 Å². The van der Waals surface area contributed by atoms with E-state index in [1.807, 2.05) is 29.2 Å². The topological polar surface area (TPSA) is 57.7 Å². The zero-order valence-corrected chi connectivity index (χ0v) is 15.1. The largest absolute Gasteiger partial charge is 0.343 e. The Morgan fingerprint density at radius 3 is 2.48 bits per heavy atom. The quantitative estimate of drug-likeness (QED) is 0.810. The highest BCUT2D eigenvalue weighted by molar-refractivity contribution is 7.88. The van der Waals surface area contributed by atoms with Crippen molar-refractivity contribution in [2.45, 2.75) is 31.7 Å². The van der Waals surface area contributed by atoms with Crippen molar-refractivity contribution in [2.75, 3.05) is 26.4 Å². The fraction of sp³-hybridized carbons (Fsp3) is 0.562. The molecular formula is C16H23ClN2O3S. The molecule has 1 aliphatic rings. The Labute approximate surface area is 143 Å². The van der Waals surface area contributed by atoms with Gasteiger partial charge in [0, 0.05) is 37.6 Å². The maximum absolute atomic E-state index is 12.3. The number of piperidine rings is 1. The van der Waals surface area contributed by atoms with Crippen molar-refractivity contribution in [2.24, 2.45) is 0 Å². The van der Waals surface area contributed by atoms with Crippen molar-refractivity contribution in [3.63, 3.8) is 0 Å². The van der Waals surface area contributed by atoms with Crippen LogP contribution in [0.5, 0.6) is 0 Å². The standard InChI is InChI=1S/C16H23ClN2O3S/c1-18(23(2,21)22)14-9-11-19(12-10-14)16(20)8-7-13-5-3-4-6-15(13)17/h3-6,14H,7-12H2,1-2H3. The van der Waals surface area contributed by atoms with Crippen LogP contribution in [0.1, 0.15) is 24.8 Å². The number of benzene rings is 1. The Morgan fingerprint density at radius 1 is 1.30 bits per heavy atom. The minimum atomic E-state index is -3.18. The van der Waals surface area contributed by atoms with Crippen LogP contribution in [0, 0.1) is 0 Å². The molecule has 1 aromatic rings. The minimum absolute atomic E-state index is 0.0161. The second-order valence-electron chi connectivity index (χ2n) is 5.98. The second kappa shape index (κ2) is 7.64. The highest BCUT2D eigenvalue weighted by Gasteiger charge is 2.28. The molecule has 0 radical (unpaired) electrons. The van der Waals surface area contributed by atoms with Gasteiger partial charge in [-0.3, -0.25) is 4.79 Å². The predicted molar refractivity (Wildman–Crippen MR) is 92.0 cm³/mol. The van der Waals surface area contributed by atoms with Crippen LogP contribution in [0.25, 0.3) is 0 Å². The Balaban J connectivity index is 1.83. The number of aryl methyl sites for hydroxylation is 1. The van der Waals surface area contributed by atoms with E-state index in [2.05, 4.69) is 0 Å². The molecule has 0 atom stereocenters. The van der Waals surface area contributed by atoms with Gasteiger partial charge >= 0.3 is 0 Å². The van der Waals surface area contributed by atoms with Gasteiger partial charge in [0.2, 0.25) is 15.9 Å². The summed E-state index contributed by atoms with van der Waals surface area (Å²) >= 11 is 6.10. The summed E-state index contributed by atoms with van der Waals surface area (Å²) < 4.78 is 24.6. The van der Waals surface area contributed by atoms with E-state index < -0.39 is 10.0 Å². The Hall–Kier alpha value is -1.11. The predicted octanol–water partition coefficient (Wildman–Crippen LogP) is 2.16. The third kappa shape index (κ3) is 4.93. The third-order valence-corrected chi connectivity index (χ3v) is 6.13. The number of halogens is 1. The van der Waals surface area contributed by atoms with E-state index >= 15 is 0 Å². The maximum atomic E-state index is 12.3. The van der Waals surface area contributed by atoms with Crippen LogP contribution >= 0.6 is 11.6 Å². The molecule has 1 aliphatic heterocycles. The van der Waals surface area contributed by atoms with Gasteiger partial charge in [0.1, 0.15) is 0 Å². The summed E-state index contributed by atoms with van der Waals surface area (Å²) in [4.78, 5) is 14.1. The molecule has 1 fully saturated rings. The first kappa shape index (κ1) is 18.2. The molecule has 1 aromatic carbocycles. The van der Waals surface area contributed by atoms with Crippen LogP contribution in [-0.4, -0.2) is 56.0 Å². The normalized spacial score (nSPS) is 16.8. The van der Waals surface area contributed by atoms with E-state index in [0.29, 0.717) is 43.8 Å². The lowest BCUT2D eigenvalue weighted by molar-refractivity contribution is -0.132. The van der Waals surface area contributed by atoms with Gasteiger partial charge in [-0.2, -0.15) is 0 Å². The summed E-state index contributed by atoms with van der Waals surface area (Å²) in [6.07, 6.45) is 3.63. The van der Waals surface area contributed by atoms with Gasteiger partial charge in [-0.1, -0.05) is 29.8 Å². The number of carbonyl (C=O) groups excluding carboxylic acids is 1. The molecule has 0 spiro atoms. The highest BCUT2D eigenvalue weighted by Crippen LogP contribution is 2.20. The van der Waals surface area contributed by atoms with E-state index in [9.17, 15) is 13.2 Å². The number of hydrogen-bond donors (Lipinski definition) is 0. The van der Waals surface area contributed by atoms with E-state index in [-0.39, 0.29) is 11.9 Å². The zero-order chi connectivity index (χ0) is 17.0. The van der Waals surface area contributed by atoms with Gasteiger partial charge in [0.25, 0.3) is 0 Å². The van der Waals surface area contributed by atoms with Gasteiger partial charge in [-0.25, -0.2) is 12.7 Å². The number of rotatable bonds is 5. The lowest BCUT2D eigenvalue weighted by Crippen LogP contribution is -2.47. The van der Waals surface area contributed by atoms with Crippen LogP contribution < -0.4 is 0 Å². The summed E-state index contributed by atoms with van der Waals surface area (Å²) in [7, 11) is -1.57. The molecule has 2 rings (SSSR count). The molecule has 5 nitrogen and oxygen atoms in total. The van der Waals surface area contributed by atoms with Gasteiger partial charge in [-0.05, 0) is 30.9 Å². The summed E-state index contributed by atoms with van der Waals surface area (Å²) in [6, 6.07) is 7.53. The molecule has 23 heavy (non-hydrogen) atoms. The molecule has 1 heterocycles. The van der Waals surface area contributed by atoms with Crippen molar-refractivity contribution >= 4 is 27.5 Å². The number of hydrogen-bond acceptors (Lipinski definition) is 3. The van der Waals surface area contributed by atoms with Crippen LogP contribution in [0.4, 0.5) is 0 Å². The average Bonchev–Trinajstić information content (AvgIpc) is 2.52. The first-order valence-electron chi connectivity index (χ1n) is 7.73. The lowest BCUT2D eigenvalue weighted by atomic mass is 10.0. The van der Waals surface area contributed by atoms with Crippen LogP contribution in [0.15, 0.2) is 24.3 Å². The minimum Gasteiger partial charge on any atom is -0.343 e. The van der Waals surface area contributed by atoms with E-state index in [1.54, 1.807) is 7.05 Å². The van der Waals surface area contributed by atoms with Crippen LogP contribution in [0.3, 0.4) is 0 Å². The molecule has 0 aromatic heterocycles. The maximum Gasteiger partial charge on any atom is 0.222 e. The zero-order valence-electron chi connectivity index (χ0n) is 13.5. The molecule has 0 unspecified atom stereocenters. The number of carbonyl (C=O) groups is 1. The molecule has 0 aliphatic carbocycles. The first-order chi connectivity index (χ1) is 10.8. The Morgan fingerprint density at radius 2 is 1.91 bits per heavy atom. The van der Waals surface area contributed by atoms with E-state index in [4.69, 9.17) is 11.6 Å². The van der Waals surface area contributed by atoms with Crippen molar-refractivity contribution < 1.29 is 13.2 Å². The van der Waals surface area contributed by atoms with Crippen molar-refractivity contribution in [1.29, 1.82) is 0 Å². The van der Waals surface area contributed by atoms with Gasteiger partial charge in [0.15, 0.2) is 0 Å². The summed E-state index contributed by atoms with van der Waals surface area (Å²) in [5.41, 5.74) is 0.981. The molecule has 7 heteroatoms. The number of amides is 1. The van der Waals surface area contributed by atoms with Crippen LogP contribution in [0.2, 0.25) is 5.02 Å². The monoisotopic (exact) mass is 358 g/mol. The van der Waals surface area contributed by atoms with Crippen molar-refractivity contribution in [3.05, 3.63) is 34.9 Å². The highest BCUT2D eigenvalue weighted by atomic mass is 35.5. The fourth-order valence-corrected chi connectivity index (χ4v) is 3.83. The molecule has 1 saturated heterocycles. The SMILES string of the molecule is CN(C1CCN(C(=O)CCc2ccccc2Cl)CC1)S(C)(=O)=O. The molecule has 128 valence electrons. The fourth-order valence-electron chi connectivity index (χ4n) is 2.85. The van der Waals surface area contributed by atoms with E-state index in [0.717, 1.165) is 5.56 Å². The van der Waals surface area contributed by atoms with Crippen LogP contribution in [-0.2, 0) is 21.2 Å². The van der Waals surface area contributed by atoms with Gasteiger partial charge < -0.3 is 4.90 Å². The third-order valence-electron chi connectivity index (χ3n) is 4.42. The van der Waals surface area contributed by atoms with Crippen molar-refractivity contribution in [3.8, 4) is 0 Å². The summed E-state index contributed by atoms with van der Waals surface area (Å²) in [5.74, 6) is 0.102. The number of sulfonamides is 1. The van der Waals surface area contributed by atoms with Gasteiger partial charge in [0.05, 0.1) is 6.26 Å².